The van der Waals surface area contributed by atoms with Gasteiger partial charge < -0.3 is 14.8 Å². The fourth-order valence-electron chi connectivity index (χ4n) is 3.50. The summed E-state index contributed by atoms with van der Waals surface area (Å²) in [7, 11) is 1.64. The molecule has 0 amide bonds. The van der Waals surface area contributed by atoms with E-state index in [-0.39, 0.29) is 12.4 Å². The molecule has 0 aromatic heterocycles. The van der Waals surface area contributed by atoms with Gasteiger partial charge in [0.1, 0.15) is 6.61 Å². The van der Waals surface area contributed by atoms with Crippen LogP contribution in [0.2, 0.25) is 10.0 Å². The average molecular weight is 445 g/mol. The molecular formula is C22H28Cl3NO2. The first-order valence-electron chi connectivity index (χ1n) is 9.63. The molecule has 0 unspecified atom stereocenters. The first-order chi connectivity index (χ1) is 13.2. The van der Waals surface area contributed by atoms with Crippen molar-refractivity contribution in [3.05, 3.63) is 57.6 Å². The van der Waals surface area contributed by atoms with Crippen molar-refractivity contribution in [3.63, 3.8) is 0 Å². The molecule has 0 bridgehead atoms. The van der Waals surface area contributed by atoms with E-state index in [1.165, 1.54) is 38.5 Å². The fraction of sp³-hybridized carbons (Fsp3) is 0.455. The zero-order valence-electron chi connectivity index (χ0n) is 16.2. The SMILES string of the molecule is COc1cc(CNC2CCCCCC2)cc(Cl)c1OCc1ccc(Cl)cc1.Cl. The number of methoxy groups -OCH3 is 1. The molecule has 154 valence electrons. The van der Waals surface area contributed by atoms with Crippen molar-refractivity contribution in [2.45, 2.75) is 57.7 Å². The summed E-state index contributed by atoms with van der Waals surface area (Å²) >= 11 is 12.4. The molecule has 0 saturated heterocycles. The van der Waals surface area contributed by atoms with Crippen LogP contribution in [0, 0.1) is 0 Å². The van der Waals surface area contributed by atoms with Crippen LogP contribution in [0.4, 0.5) is 0 Å². The lowest BCUT2D eigenvalue weighted by molar-refractivity contribution is 0.284. The van der Waals surface area contributed by atoms with E-state index < -0.39 is 0 Å². The van der Waals surface area contributed by atoms with E-state index in [9.17, 15) is 0 Å². The molecule has 1 N–H and O–H groups in total. The summed E-state index contributed by atoms with van der Waals surface area (Å²) in [6, 6.07) is 12.1. The number of benzene rings is 2. The summed E-state index contributed by atoms with van der Waals surface area (Å²) in [5, 5.41) is 4.95. The van der Waals surface area contributed by atoms with Gasteiger partial charge in [0.2, 0.25) is 0 Å². The molecule has 0 atom stereocenters. The molecule has 2 aromatic rings. The number of rotatable bonds is 7. The highest BCUT2D eigenvalue weighted by molar-refractivity contribution is 6.32. The minimum absolute atomic E-state index is 0. The van der Waals surface area contributed by atoms with Crippen LogP contribution in [0.1, 0.15) is 49.7 Å². The summed E-state index contributed by atoms with van der Waals surface area (Å²) in [6.07, 6.45) is 7.87. The molecule has 0 heterocycles. The summed E-state index contributed by atoms with van der Waals surface area (Å²) in [4.78, 5) is 0. The summed E-state index contributed by atoms with van der Waals surface area (Å²) in [5.74, 6) is 1.24. The number of hydrogen-bond donors (Lipinski definition) is 1. The molecule has 28 heavy (non-hydrogen) atoms. The molecule has 1 aliphatic carbocycles. The van der Waals surface area contributed by atoms with Gasteiger partial charge >= 0.3 is 0 Å². The third-order valence-electron chi connectivity index (χ3n) is 5.04. The van der Waals surface area contributed by atoms with E-state index in [1.807, 2.05) is 36.4 Å². The average Bonchev–Trinajstić information content (AvgIpc) is 2.95. The zero-order chi connectivity index (χ0) is 19.1. The maximum Gasteiger partial charge on any atom is 0.180 e. The third-order valence-corrected chi connectivity index (χ3v) is 5.57. The van der Waals surface area contributed by atoms with E-state index >= 15 is 0 Å². The normalized spacial score (nSPS) is 14.8. The Kier molecular flexibility index (Phi) is 9.73. The third kappa shape index (κ3) is 6.73. The van der Waals surface area contributed by atoms with Crippen LogP contribution >= 0.6 is 35.6 Å². The molecule has 1 fully saturated rings. The molecule has 1 saturated carbocycles. The van der Waals surface area contributed by atoms with Crippen molar-refractivity contribution in [3.8, 4) is 11.5 Å². The number of nitrogens with one attached hydrogen (secondary N) is 1. The van der Waals surface area contributed by atoms with E-state index in [0.29, 0.717) is 34.2 Å². The Balaban J connectivity index is 0.00000280. The van der Waals surface area contributed by atoms with Crippen molar-refractivity contribution < 1.29 is 9.47 Å². The Labute approximate surface area is 184 Å². The minimum Gasteiger partial charge on any atom is -0.493 e. The van der Waals surface area contributed by atoms with Crippen LogP contribution in [0.3, 0.4) is 0 Å². The second-order valence-corrected chi connectivity index (χ2v) is 7.94. The highest BCUT2D eigenvalue weighted by atomic mass is 35.5. The highest BCUT2D eigenvalue weighted by Crippen LogP contribution is 2.37. The standard InChI is InChI=1S/C22H27Cl2NO2.ClH/c1-26-21-13-17(14-25-19-6-4-2-3-5-7-19)12-20(24)22(21)27-15-16-8-10-18(23)11-9-16;/h8-13,19,25H,2-7,14-15H2,1H3;1H. The second kappa shape index (κ2) is 11.8. The van der Waals surface area contributed by atoms with Gasteiger partial charge in [-0.2, -0.15) is 0 Å². The van der Waals surface area contributed by atoms with Crippen LogP contribution in [-0.4, -0.2) is 13.2 Å². The summed E-state index contributed by atoms with van der Waals surface area (Å²) in [6.45, 7) is 1.20. The number of hydrogen-bond acceptors (Lipinski definition) is 3. The fourth-order valence-corrected chi connectivity index (χ4v) is 3.91. The van der Waals surface area contributed by atoms with Crippen molar-refractivity contribution in [2.75, 3.05) is 7.11 Å². The van der Waals surface area contributed by atoms with Crippen molar-refractivity contribution >= 4 is 35.6 Å². The molecule has 0 aliphatic heterocycles. The topological polar surface area (TPSA) is 30.5 Å². The molecule has 3 nitrogen and oxygen atoms in total. The second-order valence-electron chi connectivity index (χ2n) is 7.09. The lowest BCUT2D eigenvalue weighted by Crippen LogP contribution is -2.27. The summed E-state index contributed by atoms with van der Waals surface area (Å²) < 4.78 is 11.5. The Bertz CT molecular complexity index is 729. The van der Waals surface area contributed by atoms with Crippen LogP contribution in [0.5, 0.6) is 11.5 Å². The molecule has 1 aliphatic rings. The smallest absolute Gasteiger partial charge is 0.180 e. The lowest BCUT2D eigenvalue weighted by atomic mass is 10.1. The minimum atomic E-state index is 0. The first kappa shape index (κ1) is 23.2. The largest absolute Gasteiger partial charge is 0.493 e. The Morgan fingerprint density at radius 3 is 2.29 bits per heavy atom. The number of ether oxygens (including phenoxy) is 2. The molecule has 2 aromatic carbocycles. The molecule has 6 heteroatoms. The lowest BCUT2D eigenvalue weighted by Gasteiger charge is -2.18. The van der Waals surface area contributed by atoms with Crippen LogP contribution in [0.25, 0.3) is 0 Å². The highest BCUT2D eigenvalue weighted by Gasteiger charge is 2.15. The van der Waals surface area contributed by atoms with E-state index in [4.69, 9.17) is 32.7 Å². The quantitative estimate of drug-likeness (QED) is 0.475. The Hall–Kier alpha value is -1.13. The maximum absolute atomic E-state index is 6.50. The van der Waals surface area contributed by atoms with Gasteiger partial charge in [-0.15, -0.1) is 12.4 Å². The van der Waals surface area contributed by atoms with Gasteiger partial charge in [-0.3, -0.25) is 0 Å². The monoisotopic (exact) mass is 443 g/mol. The van der Waals surface area contributed by atoms with Gasteiger partial charge in [0.05, 0.1) is 12.1 Å². The predicted octanol–water partition coefficient (Wildman–Crippen LogP) is 6.82. The van der Waals surface area contributed by atoms with E-state index in [2.05, 4.69) is 5.32 Å². The zero-order valence-corrected chi connectivity index (χ0v) is 18.5. The molecular weight excluding hydrogens is 417 g/mol. The van der Waals surface area contributed by atoms with Crippen molar-refractivity contribution in [2.24, 2.45) is 0 Å². The molecule has 3 rings (SSSR count). The van der Waals surface area contributed by atoms with Gasteiger partial charge in [-0.25, -0.2) is 0 Å². The maximum atomic E-state index is 6.50. The van der Waals surface area contributed by atoms with Crippen LogP contribution < -0.4 is 14.8 Å². The predicted molar refractivity (Wildman–Crippen MR) is 119 cm³/mol. The van der Waals surface area contributed by atoms with Gasteiger partial charge in [0.25, 0.3) is 0 Å². The molecule has 0 spiro atoms. The van der Waals surface area contributed by atoms with Gasteiger partial charge in [0.15, 0.2) is 11.5 Å². The van der Waals surface area contributed by atoms with Crippen LogP contribution in [-0.2, 0) is 13.2 Å². The molecule has 0 radical (unpaired) electrons. The Morgan fingerprint density at radius 1 is 0.964 bits per heavy atom. The van der Waals surface area contributed by atoms with Gasteiger partial charge in [-0.1, -0.05) is 61.0 Å². The number of halogens is 3. The van der Waals surface area contributed by atoms with Gasteiger partial charge in [0, 0.05) is 17.6 Å². The summed E-state index contributed by atoms with van der Waals surface area (Å²) in [5.41, 5.74) is 2.14. The van der Waals surface area contributed by atoms with Crippen LogP contribution in [0.15, 0.2) is 36.4 Å². The van der Waals surface area contributed by atoms with Gasteiger partial charge in [-0.05, 0) is 48.2 Å². The Morgan fingerprint density at radius 2 is 1.64 bits per heavy atom. The van der Waals surface area contributed by atoms with E-state index in [0.717, 1.165) is 17.7 Å². The van der Waals surface area contributed by atoms with E-state index in [1.54, 1.807) is 7.11 Å². The van der Waals surface area contributed by atoms with Crippen molar-refractivity contribution in [1.29, 1.82) is 0 Å². The first-order valence-corrected chi connectivity index (χ1v) is 10.4. The van der Waals surface area contributed by atoms with Crippen molar-refractivity contribution in [1.82, 2.24) is 5.32 Å².